The van der Waals surface area contributed by atoms with Crippen LogP contribution >= 0.6 is 0 Å². The van der Waals surface area contributed by atoms with Gasteiger partial charge in [0.1, 0.15) is 0 Å². The van der Waals surface area contributed by atoms with Gasteiger partial charge in [0.25, 0.3) is 0 Å². The number of nitrogens with zero attached hydrogens (tertiary/aromatic N) is 2. The summed E-state index contributed by atoms with van der Waals surface area (Å²) in [4.78, 5) is 7.42. The standard InChI is InChI=1S/C7H12N4O3/c1-3(12)14-6-4(8)5(13-2)10-7(9)11-6/h3,12H,8H2,1-2H3,(H2,9,10,11). The van der Waals surface area contributed by atoms with E-state index in [1.54, 1.807) is 0 Å². The Morgan fingerprint density at radius 3 is 2.36 bits per heavy atom. The highest BCUT2D eigenvalue weighted by molar-refractivity contribution is 5.58. The average molecular weight is 200 g/mol. The topological polar surface area (TPSA) is 117 Å². The summed E-state index contributed by atoms with van der Waals surface area (Å²) >= 11 is 0. The van der Waals surface area contributed by atoms with Crippen LogP contribution < -0.4 is 20.9 Å². The molecule has 78 valence electrons. The number of aliphatic hydroxyl groups excluding tert-OH is 1. The lowest BCUT2D eigenvalue weighted by Gasteiger charge is -2.11. The number of anilines is 2. The number of hydrogen-bond acceptors (Lipinski definition) is 7. The zero-order valence-electron chi connectivity index (χ0n) is 7.89. The van der Waals surface area contributed by atoms with Crippen molar-refractivity contribution in [3.05, 3.63) is 0 Å². The molecule has 0 aliphatic carbocycles. The van der Waals surface area contributed by atoms with E-state index < -0.39 is 6.29 Å². The zero-order chi connectivity index (χ0) is 10.7. The number of rotatable bonds is 3. The third-order valence-electron chi connectivity index (χ3n) is 1.37. The molecule has 1 atom stereocenters. The normalized spacial score (nSPS) is 12.2. The number of hydrogen-bond donors (Lipinski definition) is 3. The van der Waals surface area contributed by atoms with Crippen LogP contribution in [0, 0.1) is 0 Å². The molecule has 1 aromatic rings. The van der Waals surface area contributed by atoms with Gasteiger partial charge in [-0.2, -0.15) is 9.97 Å². The summed E-state index contributed by atoms with van der Waals surface area (Å²) in [6, 6.07) is 0. The smallest absolute Gasteiger partial charge is 0.248 e. The molecule has 1 rings (SSSR count). The molecule has 0 aromatic carbocycles. The maximum Gasteiger partial charge on any atom is 0.248 e. The van der Waals surface area contributed by atoms with E-state index >= 15 is 0 Å². The van der Waals surface area contributed by atoms with Crippen molar-refractivity contribution in [1.82, 2.24) is 9.97 Å². The van der Waals surface area contributed by atoms with E-state index in [1.807, 2.05) is 0 Å². The Kier molecular flexibility index (Phi) is 2.92. The Morgan fingerprint density at radius 2 is 1.86 bits per heavy atom. The Balaban J connectivity index is 3.08. The maximum atomic E-state index is 8.96. The monoisotopic (exact) mass is 200 g/mol. The second kappa shape index (κ2) is 3.97. The molecule has 1 unspecified atom stereocenters. The molecular formula is C7H12N4O3. The number of ether oxygens (including phenoxy) is 2. The van der Waals surface area contributed by atoms with Gasteiger partial charge in [-0.1, -0.05) is 0 Å². The molecule has 0 amide bonds. The predicted molar refractivity (Wildman–Crippen MR) is 49.7 cm³/mol. The van der Waals surface area contributed by atoms with E-state index in [9.17, 15) is 0 Å². The zero-order valence-corrected chi connectivity index (χ0v) is 7.89. The van der Waals surface area contributed by atoms with Gasteiger partial charge in [-0.3, -0.25) is 0 Å². The molecule has 7 heteroatoms. The first-order valence-electron chi connectivity index (χ1n) is 3.86. The van der Waals surface area contributed by atoms with Crippen molar-refractivity contribution in [2.75, 3.05) is 18.6 Å². The second-order valence-electron chi connectivity index (χ2n) is 2.53. The molecule has 0 aliphatic heterocycles. The van der Waals surface area contributed by atoms with Crippen molar-refractivity contribution < 1.29 is 14.6 Å². The fraction of sp³-hybridized carbons (Fsp3) is 0.429. The van der Waals surface area contributed by atoms with Gasteiger partial charge in [0.15, 0.2) is 12.0 Å². The van der Waals surface area contributed by atoms with Crippen molar-refractivity contribution in [2.24, 2.45) is 0 Å². The van der Waals surface area contributed by atoms with Crippen molar-refractivity contribution in [3.8, 4) is 11.8 Å². The molecule has 0 saturated carbocycles. The lowest BCUT2D eigenvalue weighted by atomic mass is 10.5. The summed E-state index contributed by atoms with van der Waals surface area (Å²) in [5.74, 6) is 0.0872. The minimum Gasteiger partial charge on any atom is -0.479 e. The van der Waals surface area contributed by atoms with E-state index in [0.717, 1.165) is 0 Å². The van der Waals surface area contributed by atoms with E-state index in [2.05, 4.69) is 9.97 Å². The molecule has 14 heavy (non-hydrogen) atoms. The molecule has 0 spiro atoms. The largest absolute Gasteiger partial charge is 0.479 e. The van der Waals surface area contributed by atoms with Crippen LogP contribution in [0.4, 0.5) is 11.6 Å². The van der Waals surface area contributed by atoms with Crippen LogP contribution in [0.5, 0.6) is 11.8 Å². The van der Waals surface area contributed by atoms with Gasteiger partial charge >= 0.3 is 0 Å². The lowest BCUT2D eigenvalue weighted by Crippen LogP contribution is -2.14. The van der Waals surface area contributed by atoms with Gasteiger partial charge in [0.2, 0.25) is 17.7 Å². The fourth-order valence-corrected chi connectivity index (χ4v) is 0.852. The molecular weight excluding hydrogens is 188 g/mol. The van der Waals surface area contributed by atoms with Crippen LogP contribution in [0.3, 0.4) is 0 Å². The fourth-order valence-electron chi connectivity index (χ4n) is 0.852. The Hall–Kier alpha value is -1.76. The summed E-state index contributed by atoms with van der Waals surface area (Å²) in [5.41, 5.74) is 11.0. The first-order valence-corrected chi connectivity index (χ1v) is 3.86. The number of nitrogens with two attached hydrogens (primary N) is 2. The van der Waals surface area contributed by atoms with E-state index in [0.29, 0.717) is 0 Å². The van der Waals surface area contributed by atoms with Crippen LogP contribution in [-0.4, -0.2) is 28.5 Å². The highest BCUT2D eigenvalue weighted by Crippen LogP contribution is 2.28. The van der Waals surface area contributed by atoms with Crippen molar-refractivity contribution in [3.63, 3.8) is 0 Å². The quantitative estimate of drug-likeness (QED) is 0.556. The molecule has 7 nitrogen and oxygen atoms in total. The van der Waals surface area contributed by atoms with Gasteiger partial charge in [-0.05, 0) is 6.92 Å². The molecule has 1 heterocycles. The van der Waals surface area contributed by atoms with Gasteiger partial charge in [0.05, 0.1) is 7.11 Å². The van der Waals surface area contributed by atoms with Crippen LogP contribution in [0.1, 0.15) is 6.92 Å². The van der Waals surface area contributed by atoms with Gasteiger partial charge < -0.3 is 26.0 Å². The molecule has 0 bridgehead atoms. The number of methoxy groups -OCH3 is 1. The lowest BCUT2D eigenvalue weighted by molar-refractivity contribution is -0.00315. The van der Waals surface area contributed by atoms with E-state index in [4.69, 9.17) is 26.0 Å². The SMILES string of the molecule is COc1nc(N)nc(OC(C)O)c1N. The molecule has 5 N–H and O–H groups in total. The maximum absolute atomic E-state index is 8.96. The third kappa shape index (κ3) is 2.13. The third-order valence-corrected chi connectivity index (χ3v) is 1.37. The Morgan fingerprint density at radius 1 is 1.29 bits per heavy atom. The van der Waals surface area contributed by atoms with Gasteiger partial charge in [0, 0.05) is 0 Å². The molecule has 0 radical (unpaired) electrons. The summed E-state index contributed by atoms with van der Waals surface area (Å²) in [7, 11) is 1.39. The van der Waals surface area contributed by atoms with Gasteiger partial charge in [-0.15, -0.1) is 0 Å². The highest BCUT2D eigenvalue weighted by Gasteiger charge is 2.13. The first-order chi connectivity index (χ1) is 6.54. The molecule has 0 fully saturated rings. The van der Waals surface area contributed by atoms with E-state index in [1.165, 1.54) is 14.0 Å². The second-order valence-corrected chi connectivity index (χ2v) is 2.53. The van der Waals surface area contributed by atoms with Crippen LogP contribution in [-0.2, 0) is 0 Å². The van der Waals surface area contributed by atoms with Crippen LogP contribution in [0.2, 0.25) is 0 Å². The van der Waals surface area contributed by atoms with E-state index in [-0.39, 0.29) is 23.4 Å². The summed E-state index contributed by atoms with van der Waals surface area (Å²) in [6.07, 6.45) is -1.03. The molecule has 1 aromatic heterocycles. The Bertz CT molecular complexity index is 329. The van der Waals surface area contributed by atoms with Crippen LogP contribution in [0.25, 0.3) is 0 Å². The van der Waals surface area contributed by atoms with Crippen LogP contribution in [0.15, 0.2) is 0 Å². The molecule has 0 saturated heterocycles. The number of aliphatic hydroxyl groups is 1. The summed E-state index contributed by atoms with van der Waals surface area (Å²) in [5, 5.41) is 8.96. The minimum atomic E-state index is -1.03. The number of nitrogen functional groups attached to an aromatic ring is 2. The van der Waals surface area contributed by atoms with Crippen molar-refractivity contribution in [1.29, 1.82) is 0 Å². The van der Waals surface area contributed by atoms with Crippen molar-refractivity contribution in [2.45, 2.75) is 13.2 Å². The van der Waals surface area contributed by atoms with Crippen molar-refractivity contribution >= 4 is 11.6 Å². The summed E-state index contributed by atoms with van der Waals surface area (Å²) in [6.45, 7) is 1.42. The number of aromatic nitrogens is 2. The predicted octanol–water partition coefficient (Wildman–Crippen LogP) is -0.633. The van der Waals surface area contributed by atoms with Gasteiger partial charge in [-0.25, -0.2) is 0 Å². The average Bonchev–Trinajstić information content (AvgIpc) is 2.09. The minimum absolute atomic E-state index is 0.00403. The Labute approximate surface area is 80.7 Å². The highest BCUT2D eigenvalue weighted by atomic mass is 16.6. The summed E-state index contributed by atoms with van der Waals surface area (Å²) < 4.78 is 9.72. The first kappa shape index (κ1) is 10.3. The molecule has 0 aliphatic rings.